The fourth-order valence-electron chi connectivity index (χ4n) is 2.11. The molecule has 0 aliphatic carbocycles. The average Bonchev–Trinajstić information content (AvgIpc) is 2.53. The molecule has 0 heterocycles. The van der Waals surface area contributed by atoms with Crippen LogP contribution in [0.4, 0.5) is 5.69 Å². The molecule has 0 spiro atoms. The van der Waals surface area contributed by atoms with Crippen molar-refractivity contribution in [2.45, 2.75) is 6.54 Å². The van der Waals surface area contributed by atoms with Gasteiger partial charge in [-0.2, -0.15) is 0 Å². The fourth-order valence-corrected chi connectivity index (χ4v) is 2.67. The largest absolute Gasteiger partial charge is 0.338 e. The first kappa shape index (κ1) is 17.7. The molecule has 5 nitrogen and oxygen atoms in total. The van der Waals surface area contributed by atoms with Crippen molar-refractivity contribution in [2.24, 2.45) is 0 Å². The lowest BCUT2D eigenvalue weighted by molar-refractivity contribution is -0.125. The van der Waals surface area contributed by atoms with E-state index >= 15 is 0 Å². The maximum Gasteiger partial charge on any atom is 0.246 e. The summed E-state index contributed by atoms with van der Waals surface area (Å²) in [5.41, 5.74) is 2.37. The summed E-state index contributed by atoms with van der Waals surface area (Å²) in [5.74, 6) is -0.0998. The van der Waals surface area contributed by atoms with Gasteiger partial charge in [0, 0.05) is 25.4 Å². The number of nitrogens with one attached hydrogen (secondary N) is 1. The van der Waals surface area contributed by atoms with E-state index < -0.39 is 10.0 Å². The van der Waals surface area contributed by atoms with Gasteiger partial charge < -0.3 is 4.90 Å². The summed E-state index contributed by atoms with van der Waals surface area (Å²) in [4.78, 5) is 13.8. The van der Waals surface area contributed by atoms with Crippen molar-refractivity contribution in [3.8, 4) is 0 Å². The van der Waals surface area contributed by atoms with Crippen molar-refractivity contribution >= 4 is 27.7 Å². The third-order valence-corrected chi connectivity index (χ3v) is 3.88. The van der Waals surface area contributed by atoms with Crippen LogP contribution in [0, 0.1) is 0 Å². The van der Waals surface area contributed by atoms with Crippen molar-refractivity contribution in [1.29, 1.82) is 0 Å². The molecule has 0 unspecified atom stereocenters. The Balaban J connectivity index is 1.95. The number of hydrogen-bond donors (Lipinski definition) is 1. The summed E-state index contributed by atoms with van der Waals surface area (Å²) in [6, 6.07) is 16.6. The first-order valence-corrected chi connectivity index (χ1v) is 9.27. The van der Waals surface area contributed by atoms with E-state index in [0.717, 1.165) is 17.4 Å². The summed E-state index contributed by atoms with van der Waals surface area (Å²) < 4.78 is 24.7. The number of carbonyl (C=O) groups excluding carboxylic acids is 1. The molecular formula is C18H20N2O3S. The van der Waals surface area contributed by atoms with Gasteiger partial charge in [0.15, 0.2) is 0 Å². The van der Waals surface area contributed by atoms with Crippen LogP contribution in [-0.4, -0.2) is 32.5 Å². The summed E-state index contributed by atoms with van der Waals surface area (Å²) in [7, 11) is -1.54. The van der Waals surface area contributed by atoms with Crippen LogP contribution in [0.25, 0.3) is 6.08 Å². The Morgan fingerprint density at radius 2 is 1.71 bits per heavy atom. The SMILES string of the molecule is CN(Cc1ccccc1)C(=O)/C=C/c1ccc(NS(C)(=O)=O)cc1. The van der Waals surface area contributed by atoms with E-state index in [-0.39, 0.29) is 5.91 Å². The number of carbonyl (C=O) groups is 1. The molecule has 6 heteroatoms. The van der Waals surface area contributed by atoms with Crippen molar-refractivity contribution in [2.75, 3.05) is 18.0 Å². The molecule has 2 aromatic rings. The minimum Gasteiger partial charge on any atom is -0.338 e. The van der Waals surface area contributed by atoms with Crippen molar-refractivity contribution in [1.82, 2.24) is 4.90 Å². The molecule has 0 radical (unpaired) electrons. The molecule has 2 rings (SSSR count). The van der Waals surface area contributed by atoms with Crippen LogP contribution in [0.15, 0.2) is 60.7 Å². The number of amides is 1. The summed E-state index contributed by atoms with van der Waals surface area (Å²) >= 11 is 0. The van der Waals surface area contributed by atoms with E-state index in [9.17, 15) is 13.2 Å². The Labute approximate surface area is 142 Å². The highest BCUT2D eigenvalue weighted by Crippen LogP contribution is 2.12. The van der Waals surface area contributed by atoms with Gasteiger partial charge in [0.2, 0.25) is 15.9 Å². The van der Waals surface area contributed by atoms with Gasteiger partial charge in [-0.3, -0.25) is 9.52 Å². The number of hydrogen-bond acceptors (Lipinski definition) is 3. The molecule has 0 aromatic heterocycles. The van der Waals surface area contributed by atoms with Gasteiger partial charge in [-0.25, -0.2) is 8.42 Å². The van der Waals surface area contributed by atoms with Crippen LogP contribution < -0.4 is 4.72 Å². The van der Waals surface area contributed by atoms with E-state index in [0.29, 0.717) is 12.2 Å². The lowest BCUT2D eigenvalue weighted by Gasteiger charge is -2.15. The molecule has 24 heavy (non-hydrogen) atoms. The van der Waals surface area contributed by atoms with E-state index in [1.165, 1.54) is 6.08 Å². The zero-order valence-electron chi connectivity index (χ0n) is 13.6. The van der Waals surface area contributed by atoms with Gasteiger partial charge in [0.25, 0.3) is 0 Å². The standard InChI is InChI=1S/C18H20N2O3S/c1-20(14-16-6-4-3-5-7-16)18(21)13-10-15-8-11-17(12-9-15)19-24(2,22)23/h3-13,19H,14H2,1-2H3/b13-10+. The highest BCUT2D eigenvalue weighted by molar-refractivity contribution is 7.92. The lowest BCUT2D eigenvalue weighted by atomic mass is 10.2. The Bertz CT molecular complexity index is 813. The molecular weight excluding hydrogens is 324 g/mol. The Kier molecular flexibility index (Phi) is 5.76. The summed E-state index contributed by atoms with van der Waals surface area (Å²) in [6.45, 7) is 0.543. The quantitative estimate of drug-likeness (QED) is 0.820. The Morgan fingerprint density at radius 1 is 1.08 bits per heavy atom. The molecule has 1 amide bonds. The zero-order valence-corrected chi connectivity index (χ0v) is 14.5. The maximum atomic E-state index is 12.1. The molecule has 0 aliphatic heterocycles. The second-order valence-corrected chi connectivity index (χ2v) is 7.26. The van der Waals surface area contributed by atoms with Crippen LogP contribution in [0.3, 0.4) is 0 Å². The molecule has 1 N–H and O–H groups in total. The Hall–Kier alpha value is -2.60. The summed E-state index contributed by atoms with van der Waals surface area (Å²) in [5, 5.41) is 0. The fraction of sp³-hybridized carbons (Fsp3) is 0.167. The van der Waals surface area contributed by atoms with Gasteiger partial charge >= 0.3 is 0 Å². The minimum absolute atomic E-state index is 0.0998. The third kappa shape index (κ3) is 5.89. The highest BCUT2D eigenvalue weighted by atomic mass is 32.2. The number of likely N-dealkylation sites (N-methyl/N-ethyl adjacent to an activating group) is 1. The van der Waals surface area contributed by atoms with Crippen LogP contribution in [0.5, 0.6) is 0 Å². The highest BCUT2D eigenvalue weighted by Gasteiger charge is 2.05. The van der Waals surface area contributed by atoms with Gasteiger partial charge in [-0.1, -0.05) is 42.5 Å². The minimum atomic E-state index is -3.29. The maximum absolute atomic E-state index is 12.1. The second kappa shape index (κ2) is 7.79. The lowest BCUT2D eigenvalue weighted by Crippen LogP contribution is -2.24. The van der Waals surface area contributed by atoms with Gasteiger partial charge in [0.05, 0.1) is 6.26 Å². The van der Waals surface area contributed by atoms with Crippen LogP contribution in [0.1, 0.15) is 11.1 Å². The van der Waals surface area contributed by atoms with Crippen LogP contribution >= 0.6 is 0 Å². The number of nitrogens with zero attached hydrogens (tertiary/aromatic N) is 1. The molecule has 0 saturated carbocycles. The molecule has 0 fully saturated rings. The molecule has 0 saturated heterocycles. The van der Waals surface area contributed by atoms with Gasteiger partial charge in [-0.15, -0.1) is 0 Å². The number of anilines is 1. The van der Waals surface area contributed by atoms with Crippen molar-refractivity contribution in [3.63, 3.8) is 0 Å². The average molecular weight is 344 g/mol. The molecule has 126 valence electrons. The normalized spacial score (nSPS) is 11.4. The van der Waals surface area contributed by atoms with Crippen LogP contribution in [-0.2, 0) is 21.4 Å². The summed E-state index contributed by atoms with van der Waals surface area (Å²) in [6.07, 6.45) is 4.30. The van der Waals surface area contributed by atoms with Crippen molar-refractivity contribution < 1.29 is 13.2 Å². The van der Waals surface area contributed by atoms with E-state index in [4.69, 9.17) is 0 Å². The predicted molar refractivity (Wildman–Crippen MR) is 96.9 cm³/mol. The molecule has 0 atom stereocenters. The van der Waals surface area contributed by atoms with E-state index in [1.807, 2.05) is 30.3 Å². The number of sulfonamides is 1. The van der Waals surface area contributed by atoms with Gasteiger partial charge in [-0.05, 0) is 29.3 Å². The van der Waals surface area contributed by atoms with Gasteiger partial charge in [0.1, 0.15) is 0 Å². The third-order valence-electron chi connectivity index (χ3n) is 3.27. The van der Waals surface area contributed by atoms with Crippen molar-refractivity contribution in [3.05, 3.63) is 71.8 Å². The van der Waals surface area contributed by atoms with Crippen LogP contribution in [0.2, 0.25) is 0 Å². The van der Waals surface area contributed by atoms with E-state index in [2.05, 4.69) is 4.72 Å². The zero-order chi connectivity index (χ0) is 17.6. The monoisotopic (exact) mass is 344 g/mol. The molecule has 0 aliphatic rings. The first-order valence-electron chi connectivity index (χ1n) is 7.38. The topological polar surface area (TPSA) is 66.5 Å². The number of rotatable bonds is 6. The number of benzene rings is 2. The molecule has 2 aromatic carbocycles. The van der Waals surface area contributed by atoms with E-state index in [1.54, 1.807) is 42.3 Å². The second-order valence-electron chi connectivity index (χ2n) is 5.51. The first-order chi connectivity index (χ1) is 11.3. The smallest absolute Gasteiger partial charge is 0.246 e. The predicted octanol–water partition coefficient (Wildman–Crippen LogP) is 2.73. The Morgan fingerprint density at radius 3 is 2.29 bits per heavy atom. The molecule has 0 bridgehead atoms.